The van der Waals surface area contributed by atoms with Gasteiger partial charge in [0.15, 0.2) is 0 Å². The number of pyridine rings is 1. The molecule has 0 spiro atoms. The maximum Gasteiger partial charge on any atom is 0.497 e. The molecule has 4 nitrogen and oxygen atoms in total. The molecule has 0 saturated carbocycles. The summed E-state index contributed by atoms with van der Waals surface area (Å²) in [5.74, 6) is -0.418. The number of rotatable bonds is 2. The van der Waals surface area contributed by atoms with Gasteiger partial charge in [-0.05, 0) is 52.0 Å². The summed E-state index contributed by atoms with van der Waals surface area (Å²) >= 11 is 0. The zero-order chi connectivity index (χ0) is 16.8. The van der Waals surface area contributed by atoms with Gasteiger partial charge < -0.3 is 15.0 Å². The Labute approximate surface area is 136 Å². The SMILES string of the molecule is CC1(C)OB(c2cc(N)c(-c3ccccn3)cc2F)OC1(C)C. The lowest BCUT2D eigenvalue weighted by atomic mass is 9.77. The Balaban J connectivity index is 1.99. The first-order chi connectivity index (χ1) is 10.7. The maximum absolute atomic E-state index is 14.6. The van der Waals surface area contributed by atoms with Crippen molar-refractivity contribution in [3.05, 3.63) is 42.3 Å². The van der Waals surface area contributed by atoms with Crippen LogP contribution in [0.25, 0.3) is 11.3 Å². The molecule has 0 radical (unpaired) electrons. The molecule has 1 aromatic heterocycles. The van der Waals surface area contributed by atoms with Gasteiger partial charge in [-0.15, -0.1) is 0 Å². The highest BCUT2D eigenvalue weighted by atomic mass is 19.1. The molecule has 1 aromatic carbocycles. The summed E-state index contributed by atoms with van der Waals surface area (Å²) in [6.07, 6.45) is 1.65. The summed E-state index contributed by atoms with van der Waals surface area (Å²) < 4.78 is 26.4. The summed E-state index contributed by atoms with van der Waals surface area (Å²) in [5, 5.41) is 0. The lowest BCUT2D eigenvalue weighted by Crippen LogP contribution is -2.41. The predicted molar refractivity (Wildman–Crippen MR) is 89.8 cm³/mol. The molecule has 1 saturated heterocycles. The second-order valence-electron chi connectivity index (χ2n) is 6.76. The van der Waals surface area contributed by atoms with Crippen LogP contribution in [0.1, 0.15) is 27.7 Å². The van der Waals surface area contributed by atoms with E-state index in [9.17, 15) is 4.39 Å². The van der Waals surface area contributed by atoms with Gasteiger partial charge in [-0.25, -0.2) is 4.39 Å². The van der Waals surface area contributed by atoms with Gasteiger partial charge in [-0.2, -0.15) is 0 Å². The van der Waals surface area contributed by atoms with Gasteiger partial charge in [0.05, 0.1) is 16.9 Å². The third kappa shape index (κ3) is 2.73. The van der Waals surface area contributed by atoms with Crippen LogP contribution in [-0.2, 0) is 9.31 Å². The molecule has 2 N–H and O–H groups in total. The fourth-order valence-electron chi connectivity index (χ4n) is 2.50. The van der Waals surface area contributed by atoms with Gasteiger partial charge in [-0.3, -0.25) is 4.98 Å². The van der Waals surface area contributed by atoms with Crippen LogP contribution >= 0.6 is 0 Å². The number of halogens is 1. The maximum atomic E-state index is 14.6. The molecular formula is C17H20BFN2O2. The van der Waals surface area contributed by atoms with Gasteiger partial charge >= 0.3 is 7.12 Å². The van der Waals surface area contributed by atoms with Crippen LogP contribution in [0.2, 0.25) is 0 Å². The molecule has 1 aliphatic rings. The third-order valence-corrected chi connectivity index (χ3v) is 4.62. The molecule has 2 aromatic rings. The van der Waals surface area contributed by atoms with Crippen LogP contribution in [0.4, 0.5) is 10.1 Å². The fourth-order valence-corrected chi connectivity index (χ4v) is 2.50. The van der Waals surface area contributed by atoms with Crippen molar-refractivity contribution in [2.45, 2.75) is 38.9 Å². The van der Waals surface area contributed by atoms with Crippen molar-refractivity contribution in [3.8, 4) is 11.3 Å². The Hall–Kier alpha value is -1.92. The average Bonchev–Trinajstić information content (AvgIpc) is 2.70. The molecule has 0 unspecified atom stereocenters. The molecule has 23 heavy (non-hydrogen) atoms. The number of hydrogen-bond acceptors (Lipinski definition) is 4. The minimum Gasteiger partial charge on any atom is -0.399 e. The topological polar surface area (TPSA) is 57.4 Å². The van der Waals surface area contributed by atoms with Crippen molar-refractivity contribution in [1.29, 1.82) is 0 Å². The molecular weight excluding hydrogens is 294 g/mol. The Morgan fingerprint density at radius 1 is 1.09 bits per heavy atom. The molecule has 2 heterocycles. The van der Waals surface area contributed by atoms with Crippen LogP contribution in [0.5, 0.6) is 0 Å². The van der Waals surface area contributed by atoms with Gasteiger partial charge in [0, 0.05) is 22.9 Å². The number of aromatic nitrogens is 1. The predicted octanol–water partition coefficient (Wildman–Crippen LogP) is 2.77. The summed E-state index contributed by atoms with van der Waals surface area (Å²) in [6.45, 7) is 7.71. The number of nitrogens with zero attached hydrogens (tertiary/aromatic N) is 1. The van der Waals surface area contributed by atoms with E-state index >= 15 is 0 Å². The number of benzene rings is 1. The van der Waals surface area contributed by atoms with Crippen LogP contribution in [0.3, 0.4) is 0 Å². The molecule has 0 aliphatic carbocycles. The van der Waals surface area contributed by atoms with Crippen molar-refractivity contribution in [2.75, 3.05) is 5.73 Å². The van der Waals surface area contributed by atoms with E-state index in [-0.39, 0.29) is 0 Å². The molecule has 3 rings (SSSR count). The summed E-state index contributed by atoms with van der Waals surface area (Å²) in [6, 6.07) is 8.38. The Kier molecular flexibility index (Phi) is 3.69. The van der Waals surface area contributed by atoms with Crippen molar-refractivity contribution in [1.82, 2.24) is 4.98 Å². The van der Waals surface area contributed by atoms with E-state index in [1.54, 1.807) is 24.4 Å². The highest BCUT2D eigenvalue weighted by Gasteiger charge is 2.52. The first-order valence-electron chi connectivity index (χ1n) is 7.57. The van der Waals surface area contributed by atoms with Gasteiger partial charge in [0.2, 0.25) is 0 Å². The minimum absolute atomic E-state index is 0.306. The van der Waals surface area contributed by atoms with Crippen LogP contribution in [0.15, 0.2) is 36.5 Å². The fraction of sp³-hybridized carbons (Fsp3) is 0.353. The molecule has 0 atom stereocenters. The van der Waals surface area contributed by atoms with E-state index in [0.717, 1.165) is 0 Å². The Bertz CT molecular complexity index is 719. The summed E-state index contributed by atoms with van der Waals surface area (Å²) in [5.41, 5.74) is 6.98. The van der Waals surface area contributed by atoms with Crippen LogP contribution < -0.4 is 11.2 Å². The number of hydrogen-bond donors (Lipinski definition) is 1. The second-order valence-corrected chi connectivity index (χ2v) is 6.76. The van der Waals surface area contributed by atoms with Crippen LogP contribution in [-0.4, -0.2) is 23.3 Å². The smallest absolute Gasteiger partial charge is 0.399 e. The molecule has 0 amide bonds. The third-order valence-electron chi connectivity index (χ3n) is 4.62. The lowest BCUT2D eigenvalue weighted by Gasteiger charge is -2.32. The lowest BCUT2D eigenvalue weighted by molar-refractivity contribution is 0.00578. The zero-order valence-electron chi connectivity index (χ0n) is 13.8. The summed E-state index contributed by atoms with van der Waals surface area (Å²) in [4.78, 5) is 4.22. The average molecular weight is 314 g/mol. The van der Waals surface area contributed by atoms with E-state index in [1.165, 1.54) is 6.07 Å². The Morgan fingerprint density at radius 2 is 1.74 bits per heavy atom. The van der Waals surface area contributed by atoms with Crippen molar-refractivity contribution >= 4 is 18.3 Å². The van der Waals surface area contributed by atoms with Gasteiger partial charge in [0.25, 0.3) is 0 Å². The molecule has 0 bridgehead atoms. The van der Waals surface area contributed by atoms with Crippen molar-refractivity contribution in [2.24, 2.45) is 0 Å². The molecule has 1 fully saturated rings. The summed E-state index contributed by atoms with van der Waals surface area (Å²) in [7, 11) is -0.778. The van der Waals surface area contributed by atoms with Gasteiger partial charge in [-0.1, -0.05) is 6.07 Å². The first kappa shape index (κ1) is 16.0. The van der Waals surface area contributed by atoms with E-state index in [2.05, 4.69) is 4.98 Å². The molecule has 120 valence electrons. The highest BCUT2D eigenvalue weighted by molar-refractivity contribution is 6.62. The largest absolute Gasteiger partial charge is 0.497 e. The number of anilines is 1. The van der Waals surface area contributed by atoms with E-state index < -0.39 is 24.1 Å². The first-order valence-corrected chi connectivity index (χ1v) is 7.57. The second kappa shape index (κ2) is 5.32. The quantitative estimate of drug-likeness (QED) is 0.684. The van der Waals surface area contributed by atoms with Crippen LogP contribution in [0, 0.1) is 5.82 Å². The van der Waals surface area contributed by atoms with Crippen molar-refractivity contribution < 1.29 is 13.7 Å². The Morgan fingerprint density at radius 3 is 2.30 bits per heavy atom. The van der Waals surface area contributed by atoms with E-state index in [0.29, 0.717) is 22.4 Å². The highest BCUT2D eigenvalue weighted by Crippen LogP contribution is 2.37. The molecule has 6 heteroatoms. The minimum atomic E-state index is -0.778. The van der Waals surface area contributed by atoms with E-state index in [4.69, 9.17) is 15.0 Å². The zero-order valence-corrected chi connectivity index (χ0v) is 13.8. The number of nitrogens with two attached hydrogens (primary N) is 1. The van der Waals surface area contributed by atoms with Gasteiger partial charge in [0.1, 0.15) is 5.82 Å². The normalized spacial score (nSPS) is 19.1. The van der Waals surface area contributed by atoms with Crippen molar-refractivity contribution in [3.63, 3.8) is 0 Å². The van der Waals surface area contributed by atoms with E-state index in [1.807, 2.05) is 33.8 Å². The monoisotopic (exact) mass is 314 g/mol. The number of nitrogen functional groups attached to an aromatic ring is 1. The molecule has 1 aliphatic heterocycles. The standard InChI is InChI=1S/C17H20BFN2O2/c1-16(2)17(3,4)23-18(22-16)12-10-14(20)11(9-13(12)19)15-7-5-6-8-21-15/h5-10H,20H2,1-4H3.